The van der Waals surface area contributed by atoms with Gasteiger partial charge in [0.1, 0.15) is 23.8 Å². The molecule has 0 atom stereocenters. The zero-order valence-electron chi connectivity index (χ0n) is 16.3. The second-order valence-corrected chi connectivity index (χ2v) is 6.78. The van der Waals surface area contributed by atoms with Crippen LogP contribution in [0.5, 0.6) is 5.75 Å². The minimum absolute atomic E-state index is 0.135. The van der Waals surface area contributed by atoms with Crippen molar-refractivity contribution in [3.63, 3.8) is 0 Å². The van der Waals surface area contributed by atoms with Crippen molar-refractivity contribution in [1.82, 2.24) is 14.9 Å². The summed E-state index contributed by atoms with van der Waals surface area (Å²) in [6.07, 6.45) is 2.44. The second kappa shape index (κ2) is 8.65. The molecule has 6 nitrogen and oxygen atoms in total. The Balaban J connectivity index is 1.45. The van der Waals surface area contributed by atoms with Gasteiger partial charge < -0.3 is 19.0 Å². The number of nitrogens with one attached hydrogen (secondary N) is 1. The molecule has 29 heavy (non-hydrogen) atoms. The van der Waals surface area contributed by atoms with Crippen LogP contribution in [0.4, 0.5) is 0 Å². The molecule has 0 unspecified atom stereocenters. The molecule has 1 amide bonds. The van der Waals surface area contributed by atoms with Gasteiger partial charge in [-0.2, -0.15) is 0 Å². The number of amides is 1. The van der Waals surface area contributed by atoms with E-state index in [9.17, 15) is 4.79 Å². The van der Waals surface area contributed by atoms with Crippen molar-refractivity contribution in [3.05, 3.63) is 84.0 Å². The van der Waals surface area contributed by atoms with Crippen LogP contribution in [0.25, 0.3) is 11.1 Å². The summed E-state index contributed by atoms with van der Waals surface area (Å²) in [5.74, 6) is 1.49. The van der Waals surface area contributed by atoms with E-state index in [4.69, 9.17) is 9.15 Å². The van der Waals surface area contributed by atoms with Gasteiger partial charge in [0.2, 0.25) is 0 Å². The Morgan fingerprint density at radius 2 is 1.97 bits per heavy atom. The van der Waals surface area contributed by atoms with E-state index in [0.29, 0.717) is 37.4 Å². The number of aryl methyl sites for hydroxylation is 1. The average Bonchev–Trinajstić information content (AvgIpc) is 3.26. The number of aromatic nitrogens is 2. The lowest BCUT2D eigenvalue weighted by atomic mass is 10.2. The summed E-state index contributed by atoms with van der Waals surface area (Å²) in [6, 6.07) is 19.2. The van der Waals surface area contributed by atoms with Gasteiger partial charge in [-0.25, -0.2) is 0 Å². The quantitative estimate of drug-likeness (QED) is 0.495. The van der Waals surface area contributed by atoms with Crippen molar-refractivity contribution in [2.45, 2.75) is 19.9 Å². The zero-order valence-corrected chi connectivity index (χ0v) is 16.3. The monoisotopic (exact) mass is 389 g/mol. The van der Waals surface area contributed by atoms with Gasteiger partial charge in [0.25, 0.3) is 5.91 Å². The largest absolute Gasteiger partial charge is 0.492 e. The number of carbonyl (C=O) groups excluding carboxylic acids is 1. The molecule has 148 valence electrons. The molecule has 0 aliphatic carbocycles. The maximum Gasteiger partial charge on any atom is 0.268 e. The number of ether oxygens (including phenoxy) is 1. The molecule has 3 heterocycles. The fourth-order valence-electron chi connectivity index (χ4n) is 3.31. The van der Waals surface area contributed by atoms with Crippen molar-refractivity contribution in [1.29, 1.82) is 0 Å². The number of carbonyl (C=O) groups is 1. The van der Waals surface area contributed by atoms with Gasteiger partial charge in [0.15, 0.2) is 5.58 Å². The third kappa shape index (κ3) is 4.48. The van der Waals surface area contributed by atoms with E-state index >= 15 is 0 Å². The van der Waals surface area contributed by atoms with E-state index in [2.05, 4.69) is 10.3 Å². The SMILES string of the molecule is Cc1cc2c(cc(C(=O)NCCc3ccccn3)n2CCOc2ccccc2)o1. The van der Waals surface area contributed by atoms with E-state index in [1.807, 2.05) is 66.1 Å². The van der Waals surface area contributed by atoms with Crippen LogP contribution in [0.3, 0.4) is 0 Å². The Kier molecular flexibility index (Phi) is 5.61. The molecule has 0 spiro atoms. The lowest BCUT2D eigenvalue weighted by Gasteiger charge is -2.12. The predicted octanol–water partition coefficient (Wildman–Crippen LogP) is 3.99. The minimum Gasteiger partial charge on any atom is -0.492 e. The Hall–Kier alpha value is -3.54. The highest BCUT2D eigenvalue weighted by Gasteiger charge is 2.18. The van der Waals surface area contributed by atoms with Gasteiger partial charge in [-0.1, -0.05) is 24.3 Å². The zero-order chi connectivity index (χ0) is 20.1. The van der Waals surface area contributed by atoms with Gasteiger partial charge in [-0.3, -0.25) is 9.78 Å². The third-order valence-electron chi connectivity index (χ3n) is 4.67. The Bertz CT molecular complexity index is 1080. The van der Waals surface area contributed by atoms with E-state index in [-0.39, 0.29) is 5.91 Å². The number of hydrogen-bond acceptors (Lipinski definition) is 4. The van der Waals surface area contributed by atoms with E-state index in [1.54, 1.807) is 12.3 Å². The number of pyridine rings is 1. The molecule has 0 saturated heterocycles. The predicted molar refractivity (Wildman–Crippen MR) is 111 cm³/mol. The molecular formula is C23H23N3O3. The Morgan fingerprint density at radius 3 is 2.76 bits per heavy atom. The van der Waals surface area contributed by atoms with Crippen molar-refractivity contribution in [3.8, 4) is 5.75 Å². The molecule has 6 heteroatoms. The molecule has 4 rings (SSSR count). The Labute approximate surface area is 169 Å². The summed E-state index contributed by atoms with van der Waals surface area (Å²) in [6.45, 7) is 3.41. The fourth-order valence-corrected chi connectivity index (χ4v) is 3.31. The van der Waals surface area contributed by atoms with Crippen molar-refractivity contribution < 1.29 is 13.9 Å². The average molecular weight is 389 g/mol. The highest BCUT2D eigenvalue weighted by atomic mass is 16.5. The lowest BCUT2D eigenvalue weighted by Crippen LogP contribution is -2.28. The number of nitrogens with zero attached hydrogens (tertiary/aromatic N) is 2. The van der Waals surface area contributed by atoms with Gasteiger partial charge in [0.05, 0.1) is 12.1 Å². The number of rotatable bonds is 8. The first kappa shape index (κ1) is 18.8. The molecule has 0 saturated carbocycles. The standard InChI is InChI=1S/C23H23N3O3/c1-17-15-20-22(29-17)16-21(23(27)25-12-10-18-7-5-6-11-24-18)26(20)13-14-28-19-8-3-2-4-9-19/h2-9,11,15-16H,10,12-14H2,1H3,(H,25,27). The van der Waals surface area contributed by atoms with Crippen LogP contribution < -0.4 is 10.1 Å². The molecular weight excluding hydrogens is 366 g/mol. The molecule has 0 fully saturated rings. The van der Waals surface area contributed by atoms with Crippen LogP contribution in [-0.4, -0.2) is 28.6 Å². The molecule has 0 aliphatic rings. The first-order chi connectivity index (χ1) is 14.2. The van der Waals surface area contributed by atoms with Gasteiger partial charge in [-0.15, -0.1) is 0 Å². The van der Waals surface area contributed by atoms with E-state index in [0.717, 1.165) is 22.7 Å². The van der Waals surface area contributed by atoms with E-state index in [1.165, 1.54) is 0 Å². The number of hydrogen-bond donors (Lipinski definition) is 1. The number of para-hydroxylation sites is 1. The highest BCUT2D eigenvalue weighted by Crippen LogP contribution is 2.24. The molecule has 1 N–H and O–H groups in total. The third-order valence-corrected chi connectivity index (χ3v) is 4.67. The fraction of sp³-hybridized carbons (Fsp3) is 0.217. The van der Waals surface area contributed by atoms with E-state index < -0.39 is 0 Å². The van der Waals surface area contributed by atoms with Crippen LogP contribution in [-0.2, 0) is 13.0 Å². The summed E-state index contributed by atoms with van der Waals surface area (Å²) in [5.41, 5.74) is 3.12. The van der Waals surface area contributed by atoms with Crippen molar-refractivity contribution in [2.24, 2.45) is 0 Å². The van der Waals surface area contributed by atoms with Gasteiger partial charge in [0, 0.05) is 37.0 Å². The highest BCUT2D eigenvalue weighted by molar-refractivity contribution is 5.97. The van der Waals surface area contributed by atoms with Crippen LogP contribution >= 0.6 is 0 Å². The van der Waals surface area contributed by atoms with Crippen LogP contribution in [0, 0.1) is 6.92 Å². The summed E-state index contributed by atoms with van der Waals surface area (Å²) in [4.78, 5) is 17.1. The maximum atomic E-state index is 12.8. The first-order valence-corrected chi connectivity index (χ1v) is 9.66. The van der Waals surface area contributed by atoms with Crippen molar-refractivity contribution >= 4 is 17.0 Å². The summed E-state index contributed by atoms with van der Waals surface area (Å²) in [7, 11) is 0. The van der Waals surface area contributed by atoms with Crippen molar-refractivity contribution in [2.75, 3.05) is 13.2 Å². The van der Waals surface area contributed by atoms with Gasteiger partial charge >= 0.3 is 0 Å². The van der Waals surface area contributed by atoms with Crippen LogP contribution in [0.1, 0.15) is 21.9 Å². The molecule has 3 aromatic heterocycles. The van der Waals surface area contributed by atoms with Crippen LogP contribution in [0.15, 0.2) is 71.3 Å². The minimum atomic E-state index is -0.135. The summed E-state index contributed by atoms with van der Waals surface area (Å²) >= 11 is 0. The number of furan rings is 1. The molecule has 0 radical (unpaired) electrons. The Morgan fingerprint density at radius 1 is 1.14 bits per heavy atom. The number of fused-ring (bicyclic) bond motifs is 1. The molecule has 4 aromatic rings. The van der Waals surface area contributed by atoms with Crippen LogP contribution in [0.2, 0.25) is 0 Å². The molecule has 0 bridgehead atoms. The smallest absolute Gasteiger partial charge is 0.268 e. The molecule has 0 aliphatic heterocycles. The second-order valence-electron chi connectivity index (χ2n) is 6.78. The normalized spacial score (nSPS) is 10.9. The number of benzene rings is 1. The maximum absolute atomic E-state index is 12.8. The summed E-state index contributed by atoms with van der Waals surface area (Å²) < 4.78 is 13.5. The molecule has 1 aromatic carbocycles. The first-order valence-electron chi connectivity index (χ1n) is 9.66. The lowest BCUT2D eigenvalue weighted by molar-refractivity contribution is 0.0944. The summed E-state index contributed by atoms with van der Waals surface area (Å²) in [5, 5.41) is 2.98. The topological polar surface area (TPSA) is 69.3 Å². The van der Waals surface area contributed by atoms with Gasteiger partial charge in [-0.05, 0) is 31.2 Å².